The molecule has 0 amide bonds. The molecule has 6 heteroatoms. The Balaban J connectivity index is 2.29. The Morgan fingerprint density at radius 2 is 2.18 bits per heavy atom. The lowest BCUT2D eigenvalue weighted by Crippen LogP contribution is -2.04. The van der Waals surface area contributed by atoms with Crippen molar-refractivity contribution in [2.45, 2.75) is 25.3 Å². The van der Waals surface area contributed by atoms with Crippen LogP contribution in [-0.2, 0) is 0 Å². The number of aryl methyl sites for hydroxylation is 1. The highest BCUT2D eigenvalue weighted by Crippen LogP contribution is 2.21. The summed E-state index contributed by atoms with van der Waals surface area (Å²) in [5, 5.41) is 5.35. The first-order valence-electron chi connectivity index (χ1n) is 5.48. The van der Waals surface area contributed by atoms with E-state index in [1.165, 1.54) is 6.33 Å². The van der Waals surface area contributed by atoms with E-state index in [0.717, 1.165) is 22.9 Å². The Labute approximate surface area is 104 Å². The van der Waals surface area contributed by atoms with E-state index < -0.39 is 0 Å². The van der Waals surface area contributed by atoms with Gasteiger partial charge in [0.25, 0.3) is 0 Å². The van der Waals surface area contributed by atoms with Gasteiger partial charge in [-0.15, -0.1) is 11.8 Å². The van der Waals surface area contributed by atoms with Crippen molar-refractivity contribution in [3.8, 4) is 5.82 Å². The Hall–Kier alpha value is -1.56. The van der Waals surface area contributed by atoms with Crippen LogP contribution in [0.25, 0.3) is 5.82 Å². The number of anilines is 1. The third kappa shape index (κ3) is 2.76. The van der Waals surface area contributed by atoms with Crippen LogP contribution in [0.15, 0.2) is 23.5 Å². The molecule has 0 spiro atoms. The van der Waals surface area contributed by atoms with Crippen molar-refractivity contribution in [3.63, 3.8) is 0 Å². The molecule has 17 heavy (non-hydrogen) atoms. The molecule has 0 saturated heterocycles. The standard InChI is InChI=1S/C11H15N5S/c1-3-4-17-11-6-9(12)16(15-11)10-5-8(2)13-7-14-10/h5-7H,3-4,12H2,1-2H3. The molecule has 0 radical (unpaired) electrons. The van der Waals surface area contributed by atoms with Crippen molar-refractivity contribution in [1.29, 1.82) is 0 Å². The molecule has 0 aliphatic rings. The zero-order chi connectivity index (χ0) is 12.3. The third-order valence-corrected chi connectivity index (χ3v) is 3.28. The summed E-state index contributed by atoms with van der Waals surface area (Å²) in [4.78, 5) is 8.22. The van der Waals surface area contributed by atoms with Crippen molar-refractivity contribution < 1.29 is 0 Å². The van der Waals surface area contributed by atoms with Gasteiger partial charge in [-0.3, -0.25) is 0 Å². The van der Waals surface area contributed by atoms with E-state index in [2.05, 4.69) is 22.0 Å². The largest absolute Gasteiger partial charge is 0.383 e. The Bertz CT molecular complexity index is 508. The zero-order valence-electron chi connectivity index (χ0n) is 9.92. The van der Waals surface area contributed by atoms with Crippen molar-refractivity contribution in [2.75, 3.05) is 11.5 Å². The maximum absolute atomic E-state index is 5.92. The fourth-order valence-electron chi connectivity index (χ4n) is 1.39. The summed E-state index contributed by atoms with van der Waals surface area (Å²) in [6.45, 7) is 4.05. The van der Waals surface area contributed by atoms with E-state index in [9.17, 15) is 0 Å². The number of nitrogens with two attached hydrogens (primary N) is 1. The molecule has 0 aromatic carbocycles. The molecule has 5 nitrogen and oxygen atoms in total. The lowest BCUT2D eigenvalue weighted by Gasteiger charge is -2.02. The summed E-state index contributed by atoms with van der Waals surface area (Å²) < 4.78 is 1.65. The van der Waals surface area contributed by atoms with Crippen LogP contribution < -0.4 is 5.73 Å². The first kappa shape index (κ1) is 11.9. The lowest BCUT2D eigenvalue weighted by atomic mass is 10.4. The average molecular weight is 249 g/mol. The second-order valence-corrected chi connectivity index (χ2v) is 4.80. The van der Waals surface area contributed by atoms with Gasteiger partial charge in [-0.1, -0.05) is 6.92 Å². The van der Waals surface area contributed by atoms with E-state index in [1.807, 2.05) is 19.1 Å². The summed E-state index contributed by atoms with van der Waals surface area (Å²) in [6.07, 6.45) is 2.63. The van der Waals surface area contributed by atoms with Gasteiger partial charge in [-0.2, -0.15) is 9.78 Å². The number of thioether (sulfide) groups is 1. The van der Waals surface area contributed by atoms with E-state index in [0.29, 0.717) is 11.6 Å². The molecule has 2 aromatic heterocycles. The molecule has 0 unspecified atom stereocenters. The van der Waals surface area contributed by atoms with Crippen LogP contribution in [-0.4, -0.2) is 25.5 Å². The maximum atomic E-state index is 5.92. The summed E-state index contributed by atoms with van der Waals surface area (Å²) in [7, 11) is 0. The van der Waals surface area contributed by atoms with Gasteiger partial charge in [0.05, 0.1) is 0 Å². The molecule has 0 aliphatic carbocycles. The predicted octanol–water partition coefficient (Wildman–Crippen LogP) is 2.06. The Kier molecular flexibility index (Phi) is 3.63. The first-order chi connectivity index (χ1) is 8.20. The van der Waals surface area contributed by atoms with Gasteiger partial charge in [0.15, 0.2) is 5.82 Å². The lowest BCUT2D eigenvalue weighted by molar-refractivity contribution is 0.809. The summed E-state index contributed by atoms with van der Waals surface area (Å²) >= 11 is 1.70. The van der Waals surface area contributed by atoms with Crippen molar-refractivity contribution in [3.05, 3.63) is 24.2 Å². The molecule has 0 saturated carbocycles. The van der Waals surface area contributed by atoms with Crippen LogP contribution in [0.1, 0.15) is 19.0 Å². The minimum atomic E-state index is 0.599. The van der Waals surface area contributed by atoms with Gasteiger partial charge >= 0.3 is 0 Å². The highest BCUT2D eigenvalue weighted by atomic mass is 32.2. The fourth-order valence-corrected chi connectivity index (χ4v) is 2.15. The van der Waals surface area contributed by atoms with Gasteiger partial charge in [0.2, 0.25) is 0 Å². The Morgan fingerprint density at radius 1 is 1.35 bits per heavy atom. The van der Waals surface area contributed by atoms with Gasteiger partial charge in [-0.25, -0.2) is 9.97 Å². The van der Waals surface area contributed by atoms with Gasteiger partial charge in [0.1, 0.15) is 17.2 Å². The summed E-state index contributed by atoms with van der Waals surface area (Å²) in [5.41, 5.74) is 6.82. The van der Waals surface area contributed by atoms with Crippen LogP contribution >= 0.6 is 11.8 Å². The highest BCUT2D eigenvalue weighted by molar-refractivity contribution is 7.99. The van der Waals surface area contributed by atoms with Crippen molar-refractivity contribution in [2.24, 2.45) is 0 Å². The maximum Gasteiger partial charge on any atom is 0.159 e. The smallest absolute Gasteiger partial charge is 0.159 e. The van der Waals surface area contributed by atoms with Crippen molar-refractivity contribution >= 4 is 17.6 Å². The summed E-state index contributed by atoms with van der Waals surface area (Å²) in [5.74, 6) is 2.35. The van der Waals surface area contributed by atoms with Gasteiger partial charge in [0, 0.05) is 17.8 Å². The molecule has 2 rings (SSSR count). The normalized spacial score (nSPS) is 10.7. The number of hydrogen-bond acceptors (Lipinski definition) is 5. The molecule has 0 fully saturated rings. The third-order valence-electron chi connectivity index (χ3n) is 2.17. The molecule has 2 N–H and O–H groups in total. The van der Waals surface area contributed by atoms with Crippen LogP contribution in [0.3, 0.4) is 0 Å². The molecule has 90 valence electrons. The topological polar surface area (TPSA) is 69.6 Å². The zero-order valence-corrected chi connectivity index (χ0v) is 10.7. The van der Waals surface area contributed by atoms with E-state index in [-0.39, 0.29) is 0 Å². The van der Waals surface area contributed by atoms with Crippen LogP contribution in [0.2, 0.25) is 0 Å². The molecule has 0 atom stereocenters. The highest BCUT2D eigenvalue weighted by Gasteiger charge is 2.08. The summed E-state index contributed by atoms with van der Waals surface area (Å²) in [6, 6.07) is 3.73. The molecular weight excluding hydrogens is 234 g/mol. The minimum absolute atomic E-state index is 0.599. The van der Waals surface area contributed by atoms with Crippen LogP contribution in [0.4, 0.5) is 5.82 Å². The van der Waals surface area contributed by atoms with Crippen LogP contribution in [0, 0.1) is 6.92 Å². The second kappa shape index (κ2) is 5.18. The number of aromatic nitrogens is 4. The van der Waals surface area contributed by atoms with Gasteiger partial charge < -0.3 is 5.73 Å². The second-order valence-electron chi connectivity index (χ2n) is 3.69. The monoisotopic (exact) mass is 249 g/mol. The van der Waals surface area contributed by atoms with E-state index in [1.54, 1.807) is 16.4 Å². The van der Waals surface area contributed by atoms with Gasteiger partial charge in [-0.05, 0) is 19.1 Å². The predicted molar refractivity (Wildman–Crippen MR) is 69.3 cm³/mol. The molecule has 2 heterocycles. The SMILES string of the molecule is CCCSc1cc(N)n(-c2cc(C)ncn2)n1. The average Bonchev–Trinajstić information content (AvgIpc) is 2.68. The van der Waals surface area contributed by atoms with E-state index >= 15 is 0 Å². The van der Waals surface area contributed by atoms with E-state index in [4.69, 9.17) is 5.73 Å². The molecule has 0 bridgehead atoms. The number of hydrogen-bond donors (Lipinski definition) is 1. The first-order valence-corrected chi connectivity index (χ1v) is 6.46. The van der Waals surface area contributed by atoms with Crippen molar-refractivity contribution in [1.82, 2.24) is 19.7 Å². The Morgan fingerprint density at radius 3 is 2.88 bits per heavy atom. The molecule has 2 aromatic rings. The van der Waals surface area contributed by atoms with Crippen LogP contribution in [0.5, 0.6) is 0 Å². The number of nitrogens with zero attached hydrogens (tertiary/aromatic N) is 4. The minimum Gasteiger partial charge on any atom is -0.383 e. The quantitative estimate of drug-likeness (QED) is 0.840. The fraction of sp³-hybridized carbons (Fsp3) is 0.364. The number of rotatable bonds is 4. The number of nitrogen functional groups attached to an aromatic ring is 1. The molecule has 0 aliphatic heterocycles. The molecular formula is C11H15N5S.